The summed E-state index contributed by atoms with van der Waals surface area (Å²) in [5.41, 5.74) is 2.71. The van der Waals surface area contributed by atoms with Crippen LogP contribution in [-0.2, 0) is 15.1 Å². The molecular weight excluding hydrogens is 392 g/mol. The number of hydrogen-bond donors (Lipinski definition) is 0. The van der Waals surface area contributed by atoms with E-state index in [1.165, 1.54) is 16.5 Å². The van der Waals surface area contributed by atoms with E-state index in [9.17, 15) is 19.8 Å². The first-order valence-corrected chi connectivity index (χ1v) is 10.2. The van der Waals surface area contributed by atoms with Crippen molar-refractivity contribution >= 4 is 22.8 Å². The van der Waals surface area contributed by atoms with Crippen LogP contribution in [0.25, 0.3) is 10.9 Å². The van der Waals surface area contributed by atoms with E-state index >= 15 is 0 Å². The van der Waals surface area contributed by atoms with E-state index in [0.29, 0.717) is 12.2 Å². The molecule has 1 atom stereocenters. The number of hydrogen-bond acceptors (Lipinski definition) is 5. The largest absolute Gasteiger partial charge is 0.545 e. The standard InChI is InChI=1S/C21H26N2.C4H4O4/c1-4-21(15-17-22(2)3,19-11-6-5-7-12-19)23-16-14-18-10-8-9-13-20(18)23;5-3(6)1-2-4(7)8/h5-14,16H,4,15,17H2,1-3H3;1-2H,(H,5,6)(H,7,8)/p-2/b;2-1-. The van der Waals surface area contributed by atoms with Gasteiger partial charge in [-0.25, -0.2) is 0 Å². The molecule has 0 saturated carbocycles. The molecule has 1 unspecified atom stereocenters. The summed E-state index contributed by atoms with van der Waals surface area (Å²) in [4.78, 5) is 21.1. The fourth-order valence-electron chi connectivity index (χ4n) is 3.70. The fourth-order valence-corrected chi connectivity index (χ4v) is 3.70. The van der Waals surface area contributed by atoms with Gasteiger partial charge in [0, 0.05) is 18.3 Å². The molecule has 6 heteroatoms. The predicted molar refractivity (Wildman–Crippen MR) is 118 cm³/mol. The lowest BCUT2D eigenvalue weighted by Gasteiger charge is -2.37. The molecule has 2 aromatic carbocycles. The van der Waals surface area contributed by atoms with Gasteiger partial charge in [-0.3, -0.25) is 0 Å². The van der Waals surface area contributed by atoms with Crippen molar-refractivity contribution < 1.29 is 19.8 Å². The Balaban J connectivity index is 0.000000366. The smallest absolute Gasteiger partial charge is 0.0706 e. The Bertz CT molecular complexity index is 1010. The van der Waals surface area contributed by atoms with Crippen molar-refractivity contribution in [3.8, 4) is 0 Å². The molecule has 3 rings (SSSR count). The molecule has 0 spiro atoms. The Morgan fingerprint density at radius 1 is 0.935 bits per heavy atom. The van der Waals surface area contributed by atoms with Gasteiger partial charge in [0.05, 0.1) is 17.5 Å². The maximum Gasteiger partial charge on any atom is 0.0706 e. The summed E-state index contributed by atoms with van der Waals surface area (Å²) in [6.45, 7) is 3.37. The summed E-state index contributed by atoms with van der Waals surface area (Å²) >= 11 is 0. The zero-order valence-corrected chi connectivity index (χ0v) is 18.2. The molecule has 0 radical (unpaired) electrons. The van der Waals surface area contributed by atoms with Gasteiger partial charge < -0.3 is 29.3 Å². The Morgan fingerprint density at radius 3 is 2.06 bits per heavy atom. The second kappa shape index (κ2) is 11.1. The highest BCUT2D eigenvalue weighted by Crippen LogP contribution is 2.37. The molecule has 0 saturated heterocycles. The van der Waals surface area contributed by atoms with Crippen LogP contribution in [0, 0.1) is 0 Å². The lowest BCUT2D eigenvalue weighted by atomic mass is 9.83. The van der Waals surface area contributed by atoms with Crippen LogP contribution in [0.5, 0.6) is 0 Å². The summed E-state index contributed by atoms with van der Waals surface area (Å²) in [7, 11) is 4.30. The van der Waals surface area contributed by atoms with Crippen molar-refractivity contribution in [1.82, 2.24) is 9.47 Å². The highest BCUT2D eigenvalue weighted by molar-refractivity contribution is 5.87. The number of carboxylic acid groups (broad SMARTS) is 2. The first-order chi connectivity index (χ1) is 14.8. The molecule has 0 N–H and O–H groups in total. The van der Waals surface area contributed by atoms with Gasteiger partial charge in [0.1, 0.15) is 0 Å². The van der Waals surface area contributed by atoms with Gasteiger partial charge in [-0.15, -0.1) is 0 Å². The second-order valence-electron chi connectivity index (χ2n) is 7.52. The molecule has 0 aliphatic rings. The molecule has 0 aliphatic carbocycles. The van der Waals surface area contributed by atoms with Crippen LogP contribution in [0.1, 0.15) is 25.3 Å². The summed E-state index contributed by atoms with van der Waals surface area (Å²) in [5, 5.41) is 20.1. The van der Waals surface area contributed by atoms with Crippen LogP contribution in [0.15, 0.2) is 79.0 Å². The third-order valence-corrected chi connectivity index (χ3v) is 5.28. The SMILES string of the molecule is CCC(CCN(C)C)(c1ccccc1)n1ccc2ccccc21.O=C([O-])/C=C\C(=O)[O-]. The topological polar surface area (TPSA) is 88.4 Å². The average Bonchev–Trinajstić information content (AvgIpc) is 3.19. The quantitative estimate of drug-likeness (QED) is 0.519. The Morgan fingerprint density at radius 2 is 1.52 bits per heavy atom. The lowest BCUT2D eigenvalue weighted by Crippen LogP contribution is -2.37. The van der Waals surface area contributed by atoms with E-state index in [1.807, 2.05) is 0 Å². The van der Waals surface area contributed by atoms with Crippen LogP contribution in [0.4, 0.5) is 0 Å². The Labute approximate surface area is 183 Å². The number of fused-ring (bicyclic) bond motifs is 1. The second-order valence-corrected chi connectivity index (χ2v) is 7.52. The molecule has 0 aliphatic heterocycles. The van der Waals surface area contributed by atoms with Gasteiger partial charge >= 0.3 is 0 Å². The minimum atomic E-state index is -1.55. The van der Waals surface area contributed by atoms with Gasteiger partial charge in [0.2, 0.25) is 0 Å². The minimum Gasteiger partial charge on any atom is -0.545 e. The van der Waals surface area contributed by atoms with E-state index in [1.54, 1.807) is 0 Å². The number of nitrogens with zero attached hydrogens (tertiary/aromatic N) is 2. The number of carbonyl (C=O) groups excluding carboxylic acids is 2. The van der Waals surface area contributed by atoms with Gasteiger partial charge in [0.15, 0.2) is 0 Å². The molecule has 3 aromatic rings. The zero-order valence-electron chi connectivity index (χ0n) is 18.2. The Kier molecular flexibility index (Phi) is 8.58. The molecule has 6 nitrogen and oxygen atoms in total. The van der Waals surface area contributed by atoms with Gasteiger partial charge in [0.25, 0.3) is 0 Å². The number of para-hydroxylation sites is 1. The molecule has 0 bridgehead atoms. The van der Waals surface area contributed by atoms with Crippen molar-refractivity contribution in [1.29, 1.82) is 0 Å². The fraction of sp³-hybridized carbons (Fsp3) is 0.280. The molecule has 164 valence electrons. The zero-order chi connectivity index (χ0) is 22.9. The van der Waals surface area contributed by atoms with E-state index in [-0.39, 0.29) is 5.54 Å². The van der Waals surface area contributed by atoms with Gasteiger partial charge in [-0.1, -0.05) is 55.5 Å². The molecule has 0 fully saturated rings. The van der Waals surface area contributed by atoms with Crippen molar-refractivity contribution in [2.45, 2.75) is 25.3 Å². The highest BCUT2D eigenvalue weighted by Gasteiger charge is 2.32. The monoisotopic (exact) mass is 420 g/mol. The molecule has 1 heterocycles. The van der Waals surface area contributed by atoms with Crippen LogP contribution >= 0.6 is 0 Å². The summed E-state index contributed by atoms with van der Waals surface area (Å²) in [5.74, 6) is -3.09. The maximum atomic E-state index is 9.41. The number of carboxylic acids is 2. The third-order valence-electron chi connectivity index (χ3n) is 5.28. The molecule has 1 aromatic heterocycles. The van der Waals surface area contributed by atoms with Crippen LogP contribution < -0.4 is 10.2 Å². The van der Waals surface area contributed by atoms with E-state index in [2.05, 4.69) is 97.3 Å². The normalized spacial score (nSPS) is 13.0. The minimum absolute atomic E-state index is 0.00532. The molecule has 0 amide bonds. The number of rotatable bonds is 8. The average molecular weight is 421 g/mol. The lowest BCUT2D eigenvalue weighted by molar-refractivity contribution is -0.301. The number of benzene rings is 2. The van der Waals surface area contributed by atoms with E-state index in [0.717, 1.165) is 19.4 Å². The molecule has 31 heavy (non-hydrogen) atoms. The number of carbonyl (C=O) groups is 2. The Hall–Kier alpha value is -3.38. The van der Waals surface area contributed by atoms with E-state index in [4.69, 9.17) is 0 Å². The summed E-state index contributed by atoms with van der Waals surface area (Å²) < 4.78 is 2.49. The predicted octanol–water partition coefficient (Wildman–Crippen LogP) is 1.79. The highest BCUT2D eigenvalue weighted by atomic mass is 16.4. The van der Waals surface area contributed by atoms with Crippen molar-refractivity contribution in [3.05, 3.63) is 84.6 Å². The van der Waals surface area contributed by atoms with Crippen molar-refractivity contribution in [3.63, 3.8) is 0 Å². The third kappa shape index (κ3) is 6.30. The van der Waals surface area contributed by atoms with Crippen molar-refractivity contribution in [2.75, 3.05) is 20.6 Å². The van der Waals surface area contributed by atoms with Gasteiger partial charge in [-0.2, -0.15) is 0 Å². The first kappa shape index (κ1) is 23.9. The first-order valence-electron chi connectivity index (χ1n) is 10.2. The van der Waals surface area contributed by atoms with Crippen LogP contribution in [0.3, 0.4) is 0 Å². The summed E-state index contributed by atoms with van der Waals surface area (Å²) in [6.07, 6.45) is 5.20. The van der Waals surface area contributed by atoms with Crippen LogP contribution in [0.2, 0.25) is 0 Å². The maximum absolute atomic E-state index is 9.41. The number of aliphatic carboxylic acids is 2. The molecular formula is C25H28N2O4-2. The van der Waals surface area contributed by atoms with Crippen LogP contribution in [-0.4, -0.2) is 42.0 Å². The number of aromatic nitrogens is 1. The van der Waals surface area contributed by atoms with Crippen molar-refractivity contribution in [2.24, 2.45) is 0 Å². The van der Waals surface area contributed by atoms with E-state index < -0.39 is 11.9 Å². The van der Waals surface area contributed by atoms with Gasteiger partial charge in [-0.05, 0) is 62.2 Å². The summed E-state index contributed by atoms with van der Waals surface area (Å²) in [6, 6.07) is 21.9.